The Bertz CT molecular complexity index is 1530. The summed E-state index contributed by atoms with van der Waals surface area (Å²) >= 11 is 0. The molecule has 0 bridgehead atoms. The van der Waals surface area contributed by atoms with E-state index in [0.717, 1.165) is 5.56 Å². The van der Waals surface area contributed by atoms with Crippen LogP contribution in [-0.2, 0) is 43.4 Å². The zero-order valence-corrected chi connectivity index (χ0v) is 28.4. The topological polar surface area (TPSA) is 180 Å². The summed E-state index contributed by atoms with van der Waals surface area (Å²) in [6.07, 6.45) is -2.94. The second-order valence-electron chi connectivity index (χ2n) is 12.9. The van der Waals surface area contributed by atoms with Crippen LogP contribution < -0.4 is 21.7 Å². The first-order valence-corrected chi connectivity index (χ1v) is 16.2. The molecule has 0 aliphatic carbocycles. The Morgan fingerprint density at radius 3 is 1.86 bits per heavy atom. The maximum absolute atomic E-state index is 14.1. The predicted molar refractivity (Wildman–Crippen MR) is 185 cm³/mol. The molecule has 0 heterocycles. The van der Waals surface area contributed by atoms with E-state index in [9.17, 15) is 29.1 Å². The summed E-state index contributed by atoms with van der Waals surface area (Å²) < 4.78 is 5.22. The van der Waals surface area contributed by atoms with Gasteiger partial charge in [0.1, 0.15) is 18.7 Å². The first-order chi connectivity index (χ1) is 23.2. The summed E-state index contributed by atoms with van der Waals surface area (Å²) in [5.41, 5.74) is 7.15. The SMILES string of the molecule is CC(C(=O)NC(C)(C)C)N(CCc1ccccc1)C(=O)C(O)C(Cc1ccccc1)NC(=O)C(CC(N)=O)NC(=O)OCc1ccccc1. The van der Waals surface area contributed by atoms with Gasteiger partial charge in [0.2, 0.25) is 17.7 Å². The van der Waals surface area contributed by atoms with Gasteiger partial charge in [-0.3, -0.25) is 19.2 Å². The zero-order chi connectivity index (χ0) is 36.0. The number of nitrogens with one attached hydrogen (secondary N) is 3. The molecule has 0 saturated heterocycles. The molecule has 3 aromatic rings. The van der Waals surface area contributed by atoms with E-state index < -0.39 is 65.9 Å². The normalized spacial score (nSPS) is 13.6. The van der Waals surface area contributed by atoms with Crippen LogP contribution >= 0.6 is 0 Å². The quantitative estimate of drug-likeness (QED) is 0.155. The molecule has 262 valence electrons. The average molecular weight is 674 g/mol. The summed E-state index contributed by atoms with van der Waals surface area (Å²) in [6.45, 7) is 7.06. The number of ether oxygens (including phenoxy) is 1. The van der Waals surface area contributed by atoms with Gasteiger partial charge in [-0.05, 0) is 57.2 Å². The number of primary amides is 1. The molecule has 4 atom stereocenters. The molecule has 0 aromatic heterocycles. The number of alkyl carbamates (subject to hydrolysis) is 1. The van der Waals surface area contributed by atoms with Crippen molar-refractivity contribution in [2.75, 3.05) is 6.54 Å². The van der Waals surface area contributed by atoms with Crippen LogP contribution in [0.3, 0.4) is 0 Å². The molecule has 0 aliphatic heterocycles. The highest BCUT2D eigenvalue weighted by atomic mass is 16.5. The number of carbonyl (C=O) groups is 5. The van der Waals surface area contributed by atoms with E-state index in [0.29, 0.717) is 17.5 Å². The van der Waals surface area contributed by atoms with Gasteiger partial charge in [-0.15, -0.1) is 0 Å². The molecule has 49 heavy (non-hydrogen) atoms. The molecule has 0 saturated carbocycles. The number of carbonyl (C=O) groups excluding carboxylic acids is 5. The molecule has 0 fully saturated rings. The zero-order valence-electron chi connectivity index (χ0n) is 28.4. The van der Waals surface area contributed by atoms with E-state index in [1.807, 2.05) is 57.2 Å². The molecule has 12 heteroatoms. The Kier molecular flexibility index (Phi) is 14.3. The lowest BCUT2D eigenvalue weighted by atomic mass is 9.98. The first kappa shape index (κ1) is 38.2. The number of rotatable bonds is 16. The lowest BCUT2D eigenvalue weighted by Crippen LogP contribution is -2.60. The van der Waals surface area contributed by atoms with Gasteiger partial charge in [0.15, 0.2) is 6.10 Å². The van der Waals surface area contributed by atoms with Crippen molar-refractivity contribution >= 4 is 29.7 Å². The fourth-order valence-electron chi connectivity index (χ4n) is 5.06. The minimum Gasteiger partial charge on any atom is -0.445 e. The van der Waals surface area contributed by atoms with Gasteiger partial charge < -0.3 is 36.4 Å². The van der Waals surface area contributed by atoms with E-state index in [4.69, 9.17) is 10.5 Å². The van der Waals surface area contributed by atoms with Crippen molar-refractivity contribution in [1.29, 1.82) is 0 Å². The Morgan fingerprint density at radius 1 is 0.796 bits per heavy atom. The molecular formula is C37H47N5O7. The van der Waals surface area contributed by atoms with Gasteiger partial charge in [-0.2, -0.15) is 0 Å². The van der Waals surface area contributed by atoms with Crippen LogP contribution in [0, 0.1) is 0 Å². The van der Waals surface area contributed by atoms with Crippen molar-refractivity contribution < 1.29 is 33.8 Å². The largest absolute Gasteiger partial charge is 0.445 e. The van der Waals surface area contributed by atoms with E-state index in [1.54, 1.807) is 61.5 Å². The molecule has 12 nitrogen and oxygen atoms in total. The number of nitrogens with zero attached hydrogens (tertiary/aromatic N) is 1. The average Bonchev–Trinajstić information content (AvgIpc) is 3.06. The van der Waals surface area contributed by atoms with Gasteiger partial charge in [-0.1, -0.05) is 91.0 Å². The van der Waals surface area contributed by atoms with E-state index in [-0.39, 0.29) is 19.6 Å². The summed E-state index contributed by atoms with van der Waals surface area (Å²) in [5.74, 6) is -2.93. The third kappa shape index (κ3) is 13.1. The van der Waals surface area contributed by atoms with Gasteiger partial charge in [0.05, 0.1) is 12.5 Å². The van der Waals surface area contributed by atoms with Crippen LogP contribution in [0.4, 0.5) is 4.79 Å². The molecule has 0 radical (unpaired) electrons. The second-order valence-corrected chi connectivity index (χ2v) is 12.9. The predicted octanol–water partition coefficient (Wildman–Crippen LogP) is 2.62. The van der Waals surface area contributed by atoms with Crippen LogP contribution in [-0.4, -0.2) is 76.0 Å². The van der Waals surface area contributed by atoms with Crippen molar-refractivity contribution in [3.63, 3.8) is 0 Å². The van der Waals surface area contributed by atoms with Gasteiger partial charge in [-0.25, -0.2) is 4.79 Å². The van der Waals surface area contributed by atoms with Gasteiger partial charge in [0.25, 0.3) is 5.91 Å². The number of hydrogen-bond acceptors (Lipinski definition) is 7. The first-order valence-electron chi connectivity index (χ1n) is 16.2. The Balaban J connectivity index is 1.86. The van der Waals surface area contributed by atoms with E-state index in [1.165, 1.54) is 4.90 Å². The smallest absolute Gasteiger partial charge is 0.408 e. The standard InChI is InChI=1S/C37H47N5O7/c1-25(33(45)41-37(2,3)4)42(21-20-26-14-8-5-9-15-26)35(47)32(44)29(22-27-16-10-6-11-17-27)39-34(46)30(23-31(38)43)40-36(48)49-24-28-18-12-7-13-19-28/h5-19,25,29-30,32,44H,20-24H2,1-4H3,(H2,38,43)(H,39,46)(H,40,48)(H,41,45). The van der Waals surface area contributed by atoms with Gasteiger partial charge >= 0.3 is 6.09 Å². The Hall–Kier alpha value is -5.23. The molecule has 3 aromatic carbocycles. The molecule has 4 unspecified atom stereocenters. The van der Waals surface area contributed by atoms with Crippen molar-refractivity contribution in [3.05, 3.63) is 108 Å². The fraction of sp³-hybridized carbons (Fsp3) is 0.378. The van der Waals surface area contributed by atoms with Crippen LogP contribution in [0.5, 0.6) is 0 Å². The third-order valence-electron chi connectivity index (χ3n) is 7.60. The maximum atomic E-state index is 14.1. The summed E-state index contributed by atoms with van der Waals surface area (Å²) in [7, 11) is 0. The lowest BCUT2D eigenvalue weighted by molar-refractivity contribution is -0.149. The Labute approximate surface area is 287 Å². The molecule has 6 N–H and O–H groups in total. The minimum atomic E-state index is -1.82. The fourth-order valence-corrected chi connectivity index (χ4v) is 5.06. The number of aliphatic hydroxyl groups is 1. The highest BCUT2D eigenvalue weighted by molar-refractivity contribution is 5.92. The lowest BCUT2D eigenvalue weighted by Gasteiger charge is -2.35. The highest BCUT2D eigenvalue weighted by Gasteiger charge is 2.37. The number of hydrogen-bond donors (Lipinski definition) is 5. The third-order valence-corrected chi connectivity index (χ3v) is 7.60. The Morgan fingerprint density at radius 2 is 1.33 bits per heavy atom. The van der Waals surface area contributed by atoms with Crippen LogP contribution in [0.25, 0.3) is 0 Å². The van der Waals surface area contributed by atoms with Crippen molar-refractivity contribution in [2.24, 2.45) is 5.73 Å². The van der Waals surface area contributed by atoms with E-state index >= 15 is 0 Å². The summed E-state index contributed by atoms with van der Waals surface area (Å²) in [6, 6.07) is 23.5. The van der Waals surface area contributed by atoms with Gasteiger partial charge in [0, 0.05) is 12.1 Å². The highest BCUT2D eigenvalue weighted by Crippen LogP contribution is 2.15. The van der Waals surface area contributed by atoms with Crippen LogP contribution in [0.2, 0.25) is 0 Å². The molecule has 5 amide bonds. The molecule has 0 aliphatic rings. The number of benzene rings is 3. The monoisotopic (exact) mass is 673 g/mol. The van der Waals surface area contributed by atoms with Crippen molar-refractivity contribution in [2.45, 2.75) is 83.3 Å². The number of nitrogens with two attached hydrogens (primary N) is 1. The maximum Gasteiger partial charge on any atom is 0.408 e. The van der Waals surface area contributed by atoms with E-state index in [2.05, 4.69) is 16.0 Å². The number of amides is 5. The molecular weight excluding hydrogens is 626 g/mol. The van der Waals surface area contributed by atoms with Crippen LogP contribution in [0.15, 0.2) is 91.0 Å². The number of aliphatic hydroxyl groups excluding tert-OH is 1. The van der Waals surface area contributed by atoms with Crippen molar-refractivity contribution in [1.82, 2.24) is 20.9 Å². The van der Waals surface area contributed by atoms with Crippen LogP contribution in [0.1, 0.15) is 50.8 Å². The molecule has 0 spiro atoms. The molecule has 3 rings (SSSR count). The van der Waals surface area contributed by atoms with Crippen molar-refractivity contribution in [3.8, 4) is 0 Å². The summed E-state index contributed by atoms with van der Waals surface area (Å²) in [4.78, 5) is 66.8. The summed E-state index contributed by atoms with van der Waals surface area (Å²) in [5, 5.41) is 19.5. The minimum absolute atomic E-state index is 0.0102. The second kappa shape index (κ2) is 18.3.